The molecule has 8 heteroatoms. The highest BCUT2D eigenvalue weighted by Crippen LogP contribution is 2.35. The molecule has 0 radical (unpaired) electrons. The quantitative estimate of drug-likeness (QED) is 0.241. The molecule has 0 atom stereocenters. The summed E-state index contributed by atoms with van der Waals surface area (Å²) in [5, 5.41) is 11.4. The van der Waals surface area contributed by atoms with Crippen LogP contribution < -0.4 is 0 Å². The summed E-state index contributed by atoms with van der Waals surface area (Å²) in [6, 6.07) is 2.86. The molecule has 0 fully saturated rings. The fourth-order valence-corrected chi connectivity index (χ4v) is 4.84. The van der Waals surface area contributed by atoms with Gasteiger partial charge in [0.2, 0.25) is 0 Å². The smallest absolute Gasteiger partial charge is 0.258 e. The average molecular weight is 440 g/mol. The third-order valence-corrected chi connectivity index (χ3v) is 5.61. The van der Waals surface area contributed by atoms with E-state index in [9.17, 15) is 10.1 Å². The molecule has 0 amide bonds. The zero-order valence-electron chi connectivity index (χ0n) is 8.49. The van der Waals surface area contributed by atoms with Crippen LogP contribution in [0.1, 0.15) is 13.0 Å². The van der Waals surface area contributed by atoms with Crippen molar-refractivity contribution in [3.63, 3.8) is 0 Å². The second kappa shape index (κ2) is 9.52. The molecule has 0 saturated carbocycles. The first-order chi connectivity index (χ1) is 8.07. The summed E-state index contributed by atoms with van der Waals surface area (Å²) >= 11 is 15.9. The Hall–Kier alpha value is 0.630. The Morgan fingerprint density at radius 3 is 2.56 bits per heavy atom. The number of rotatable bonds is 6. The van der Waals surface area contributed by atoms with E-state index >= 15 is 0 Å². The van der Waals surface area contributed by atoms with Crippen molar-refractivity contribution in [3.05, 3.63) is 37.9 Å². The highest BCUT2D eigenvalue weighted by Gasteiger charge is 2.18. The minimum atomic E-state index is -0.493. The zero-order chi connectivity index (χ0) is 12.8. The fourth-order valence-electron chi connectivity index (χ4n) is 1.12. The summed E-state index contributed by atoms with van der Waals surface area (Å²) in [6.07, 6.45) is 0. The van der Waals surface area contributed by atoms with E-state index in [4.69, 9.17) is 23.2 Å². The molecular weight excluding hydrogens is 428 g/mol. The highest BCUT2D eigenvalue weighted by atomic mass is 127. The minimum absolute atomic E-state index is 0. The van der Waals surface area contributed by atoms with Crippen molar-refractivity contribution in [2.75, 3.05) is 11.5 Å². The number of hydrogen-bond acceptors (Lipinski definition) is 4. The first-order valence-corrected chi connectivity index (χ1v) is 9.94. The molecule has 1 rings (SSSR count). The van der Waals surface area contributed by atoms with Crippen molar-refractivity contribution in [2.45, 2.75) is 13.2 Å². The largest absolute Gasteiger partial charge is 0.288 e. The van der Waals surface area contributed by atoms with Crippen LogP contribution in [-0.2, 0) is 5.75 Å². The molecule has 0 aromatic heterocycles. The Morgan fingerprint density at radius 1 is 1.33 bits per heavy atom. The van der Waals surface area contributed by atoms with Gasteiger partial charge < -0.3 is 0 Å². The van der Waals surface area contributed by atoms with E-state index in [0.29, 0.717) is 16.3 Å². The van der Waals surface area contributed by atoms with E-state index in [2.05, 4.69) is 21.2 Å². The normalized spacial score (nSPS) is 9.94. The molecule has 1 aromatic carbocycles. The van der Waals surface area contributed by atoms with E-state index in [1.54, 1.807) is 20.7 Å². The first-order valence-electron chi connectivity index (χ1n) is 4.50. The van der Waals surface area contributed by atoms with Gasteiger partial charge in [-0.15, -0.1) is 0 Å². The average Bonchev–Trinajstić information content (AvgIpc) is 2.27. The van der Waals surface area contributed by atoms with Gasteiger partial charge in [0.25, 0.3) is 5.69 Å². The number of hydrogen-bond donors (Lipinski definition) is 0. The maximum atomic E-state index is 10.7. The molecule has 0 heterocycles. The number of nitrogens with zero attached hydrogens (tertiary/aromatic N) is 1. The second-order valence-corrected chi connectivity index (χ2v) is 7.37. The van der Waals surface area contributed by atoms with Crippen LogP contribution in [0, 0.1) is 10.1 Å². The summed E-state index contributed by atoms with van der Waals surface area (Å²) < 4.78 is 0. The molecule has 0 unspecified atom stereocenters. The van der Waals surface area contributed by atoms with E-state index in [-0.39, 0.29) is 18.1 Å². The Kier molecular flexibility index (Phi) is 9.85. The van der Waals surface area contributed by atoms with E-state index in [1.165, 1.54) is 12.1 Å². The third kappa shape index (κ3) is 5.32. The lowest BCUT2D eigenvalue weighted by Gasteiger charge is -2.06. The van der Waals surface area contributed by atoms with Gasteiger partial charge in [-0.2, -0.15) is 11.8 Å². The predicted molar refractivity (Wildman–Crippen MR) is 92.5 cm³/mol. The molecule has 18 heavy (non-hydrogen) atoms. The van der Waals surface area contributed by atoms with Crippen LogP contribution in [0.15, 0.2) is 12.1 Å². The van der Waals surface area contributed by atoms with E-state index < -0.39 is 4.92 Å². The highest BCUT2D eigenvalue weighted by molar-refractivity contribution is 14.2. The Morgan fingerprint density at radius 2 is 2.00 bits per heavy atom. The fraction of sp³-hybridized carbons (Fsp3) is 0.400. The number of thioether (sulfide) groups is 1. The summed E-state index contributed by atoms with van der Waals surface area (Å²) in [5.74, 6) is 2.58. The van der Waals surface area contributed by atoms with Gasteiger partial charge >= 0.3 is 0 Å². The lowest BCUT2D eigenvalue weighted by Crippen LogP contribution is -1.94. The van der Waals surface area contributed by atoms with Crippen LogP contribution in [0.25, 0.3) is 0 Å². The lowest BCUT2D eigenvalue weighted by molar-refractivity contribution is -0.384. The van der Waals surface area contributed by atoms with Crippen molar-refractivity contribution in [1.29, 1.82) is 0 Å². The van der Waals surface area contributed by atoms with Gasteiger partial charge in [-0.3, -0.25) is 10.1 Å². The van der Waals surface area contributed by atoms with E-state index in [0.717, 1.165) is 11.5 Å². The van der Waals surface area contributed by atoms with Crippen molar-refractivity contribution in [2.24, 2.45) is 0 Å². The summed E-state index contributed by atoms with van der Waals surface area (Å²) in [7, 11) is 1.73. The minimum Gasteiger partial charge on any atom is -0.258 e. The molecule has 3 nitrogen and oxygen atoms in total. The van der Waals surface area contributed by atoms with Crippen LogP contribution >= 0.6 is 65.1 Å². The van der Waals surface area contributed by atoms with Gasteiger partial charge in [-0.1, -0.05) is 39.6 Å². The topological polar surface area (TPSA) is 43.1 Å². The second-order valence-electron chi connectivity index (χ2n) is 2.98. The Labute approximate surface area is 137 Å². The molecule has 0 bridgehead atoms. The van der Waals surface area contributed by atoms with Gasteiger partial charge in [-0.25, -0.2) is 0 Å². The molecule has 0 aliphatic carbocycles. The molecule has 0 N–H and O–H groups in total. The van der Waals surface area contributed by atoms with Gasteiger partial charge in [0.05, 0.1) is 4.92 Å². The van der Waals surface area contributed by atoms with Gasteiger partial charge in [0.15, 0.2) is 0 Å². The molecular formula is C10H12Cl2INO2S2. The SMILES string of the molecule is C.O=[N+]([O-])c1ccc(Cl)c(CSCCSI)c1Cl. The van der Waals surface area contributed by atoms with E-state index in [1.807, 2.05) is 0 Å². The molecule has 0 saturated heterocycles. The summed E-state index contributed by atoms with van der Waals surface area (Å²) in [4.78, 5) is 10.2. The van der Waals surface area contributed by atoms with Gasteiger partial charge in [0, 0.05) is 33.9 Å². The molecule has 0 spiro atoms. The number of nitro benzene ring substituents is 1. The van der Waals surface area contributed by atoms with Gasteiger partial charge in [-0.05, 0) is 27.3 Å². The maximum Gasteiger partial charge on any atom is 0.288 e. The van der Waals surface area contributed by atoms with Crippen molar-refractivity contribution in [3.8, 4) is 0 Å². The monoisotopic (exact) mass is 439 g/mol. The first kappa shape index (κ1) is 18.6. The predicted octanol–water partition coefficient (Wildman–Crippen LogP) is 5.85. The number of nitro groups is 1. The molecule has 1 aromatic rings. The standard InChI is InChI=1S/C9H8Cl2INO2S2.CH4/c10-7-1-2-8(13(14)15)9(11)6(7)5-16-3-4-17-12;/h1-2H,3-5H2;1H4. The maximum absolute atomic E-state index is 10.7. The molecule has 102 valence electrons. The molecule has 0 aliphatic rings. The Bertz CT molecular complexity index is 421. The van der Waals surface area contributed by atoms with Crippen LogP contribution in [0.2, 0.25) is 10.0 Å². The van der Waals surface area contributed by atoms with Gasteiger partial charge in [0.1, 0.15) is 5.02 Å². The Balaban J connectivity index is 0.00000289. The lowest BCUT2D eigenvalue weighted by atomic mass is 10.2. The van der Waals surface area contributed by atoms with Crippen LogP contribution in [0.3, 0.4) is 0 Å². The van der Waals surface area contributed by atoms with Crippen LogP contribution in [0.4, 0.5) is 5.69 Å². The summed E-state index contributed by atoms with van der Waals surface area (Å²) in [5.41, 5.74) is 0.556. The molecule has 0 aliphatic heterocycles. The van der Waals surface area contributed by atoms with Crippen molar-refractivity contribution >= 4 is 70.8 Å². The number of benzene rings is 1. The summed E-state index contributed by atoms with van der Waals surface area (Å²) in [6.45, 7) is 0. The van der Waals surface area contributed by atoms with Crippen molar-refractivity contribution < 1.29 is 4.92 Å². The number of halogens is 3. The zero-order valence-corrected chi connectivity index (χ0v) is 13.8. The third-order valence-electron chi connectivity index (χ3n) is 1.91. The van der Waals surface area contributed by atoms with Crippen molar-refractivity contribution in [1.82, 2.24) is 0 Å². The van der Waals surface area contributed by atoms with Crippen LogP contribution in [0.5, 0.6) is 0 Å². The van der Waals surface area contributed by atoms with Crippen LogP contribution in [-0.4, -0.2) is 16.4 Å².